The topological polar surface area (TPSA) is 0 Å². The minimum absolute atomic E-state index is 0.217. The lowest BCUT2D eigenvalue weighted by atomic mass is 9.83. The van der Waals surface area contributed by atoms with E-state index >= 15 is 0 Å². The molecule has 0 nitrogen and oxygen atoms in total. The predicted octanol–water partition coefficient (Wildman–Crippen LogP) is 4.11. The summed E-state index contributed by atoms with van der Waals surface area (Å²) in [4.78, 5) is 0. The van der Waals surface area contributed by atoms with E-state index in [0.717, 1.165) is 6.42 Å². The van der Waals surface area contributed by atoms with E-state index in [4.69, 9.17) is 0 Å². The van der Waals surface area contributed by atoms with Gasteiger partial charge in [0.25, 0.3) is 0 Å². The summed E-state index contributed by atoms with van der Waals surface area (Å²) in [5.41, 5.74) is 2.95. The Labute approximate surface area is 87.7 Å². The van der Waals surface area contributed by atoms with Crippen LogP contribution in [0.2, 0.25) is 0 Å². The summed E-state index contributed by atoms with van der Waals surface area (Å²) in [6, 6.07) is 8.56. The zero-order valence-corrected chi connectivity index (χ0v) is 9.38. The summed E-state index contributed by atoms with van der Waals surface area (Å²) in [7, 11) is 0. The monoisotopic (exact) mass is 187 g/mol. The normalized spacial score (nSPS) is 11.4. The van der Waals surface area contributed by atoms with E-state index in [-0.39, 0.29) is 5.41 Å². The lowest BCUT2D eigenvalue weighted by molar-refractivity contribution is 0.586. The molecule has 14 heavy (non-hydrogen) atoms. The van der Waals surface area contributed by atoms with Gasteiger partial charge in [0.1, 0.15) is 0 Å². The molecule has 1 aromatic rings. The second-order valence-corrected chi connectivity index (χ2v) is 4.57. The van der Waals surface area contributed by atoms with Crippen LogP contribution >= 0.6 is 0 Å². The van der Waals surface area contributed by atoms with E-state index in [2.05, 4.69) is 58.0 Å². The first-order valence-electron chi connectivity index (χ1n) is 5.09. The SMILES string of the molecule is C=CC[CH]c1ccccc1C(C)(C)C. The van der Waals surface area contributed by atoms with Crippen molar-refractivity contribution in [1.82, 2.24) is 0 Å². The Morgan fingerprint density at radius 3 is 2.43 bits per heavy atom. The molecule has 0 amide bonds. The predicted molar refractivity (Wildman–Crippen MR) is 63.4 cm³/mol. The first-order valence-corrected chi connectivity index (χ1v) is 5.09. The molecule has 0 fully saturated rings. The van der Waals surface area contributed by atoms with Gasteiger partial charge in [-0.2, -0.15) is 0 Å². The van der Waals surface area contributed by atoms with Crippen LogP contribution in [0, 0.1) is 6.42 Å². The van der Waals surface area contributed by atoms with E-state index in [0.29, 0.717) is 0 Å². The van der Waals surface area contributed by atoms with Gasteiger partial charge in [-0.3, -0.25) is 0 Å². The molecule has 0 atom stereocenters. The molecule has 0 aromatic heterocycles. The molecule has 0 aliphatic rings. The first-order chi connectivity index (χ1) is 6.55. The fraction of sp³-hybridized carbons (Fsp3) is 0.357. The third-order valence-corrected chi connectivity index (χ3v) is 2.27. The molecule has 0 bridgehead atoms. The quantitative estimate of drug-likeness (QED) is 0.625. The van der Waals surface area contributed by atoms with Gasteiger partial charge >= 0.3 is 0 Å². The molecule has 0 aliphatic carbocycles. The van der Waals surface area contributed by atoms with Crippen molar-refractivity contribution in [3.63, 3.8) is 0 Å². The Hall–Kier alpha value is -1.04. The first kappa shape index (κ1) is 11.0. The lowest BCUT2D eigenvalue weighted by Gasteiger charge is -2.22. The minimum Gasteiger partial charge on any atom is -0.103 e. The maximum absolute atomic E-state index is 3.74. The van der Waals surface area contributed by atoms with Gasteiger partial charge < -0.3 is 0 Å². The summed E-state index contributed by atoms with van der Waals surface area (Å²) in [5.74, 6) is 0. The molecule has 0 unspecified atom stereocenters. The van der Waals surface area contributed by atoms with Crippen LogP contribution in [0.1, 0.15) is 38.3 Å². The van der Waals surface area contributed by atoms with Crippen LogP contribution in [0.5, 0.6) is 0 Å². The smallest absolute Gasteiger partial charge is 0.00526 e. The van der Waals surface area contributed by atoms with Crippen molar-refractivity contribution in [2.45, 2.75) is 32.6 Å². The molecule has 1 aromatic carbocycles. The van der Waals surface area contributed by atoms with E-state index in [1.54, 1.807) is 0 Å². The van der Waals surface area contributed by atoms with Crippen molar-refractivity contribution in [2.24, 2.45) is 0 Å². The Bertz CT molecular complexity index is 302. The number of hydrogen-bond donors (Lipinski definition) is 0. The van der Waals surface area contributed by atoms with Gasteiger partial charge in [-0.25, -0.2) is 0 Å². The fourth-order valence-corrected chi connectivity index (χ4v) is 1.57. The number of hydrogen-bond acceptors (Lipinski definition) is 0. The molecule has 1 radical (unpaired) electrons. The van der Waals surface area contributed by atoms with Gasteiger partial charge in [0.2, 0.25) is 0 Å². The molecule has 0 spiro atoms. The van der Waals surface area contributed by atoms with E-state index < -0.39 is 0 Å². The van der Waals surface area contributed by atoms with Crippen LogP contribution in [0.25, 0.3) is 0 Å². The number of allylic oxidation sites excluding steroid dienone is 1. The molecular weight excluding hydrogens is 168 g/mol. The van der Waals surface area contributed by atoms with Crippen molar-refractivity contribution in [3.8, 4) is 0 Å². The third kappa shape index (κ3) is 2.73. The maximum Gasteiger partial charge on any atom is -0.00526 e. The largest absolute Gasteiger partial charge is 0.103 e. The number of benzene rings is 1. The van der Waals surface area contributed by atoms with Gasteiger partial charge in [-0.1, -0.05) is 51.1 Å². The fourth-order valence-electron chi connectivity index (χ4n) is 1.57. The van der Waals surface area contributed by atoms with Crippen LogP contribution < -0.4 is 0 Å². The second-order valence-electron chi connectivity index (χ2n) is 4.57. The van der Waals surface area contributed by atoms with E-state index in [9.17, 15) is 0 Å². The highest BCUT2D eigenvalue weighted by atomic mass is 14.2. The molecule has 0 aliphatic heterocycles. The Morgan fingerprint density at radius 1 is 1.21 bits per heavy atom. The average molecular weight is 187 g/mol. The van der Waals surface area contributed by atoms with Crippen molar-refractivity contribution in [2.75, 3.05) is 0 Å². The average Bonchev–Trinajstić information content (AvgIpc) is 2.14. The summed E-state index contributed by atoms with van der Waals surface area (Å²) < 4.78 is 0. The highest BCUT2D eigenvalue weighted by Gasteiger charge is 2.16. The van der Waals surface area contributed by atoms with Crippen molar-refractivity contribution < 1.29 is 0 Å². The molecule has 0 saturated carbocycles. The maximum atomic E-state index is 3.74. The minimum atomic E-state index is 0.217. The van der Waals surface area contributed by atoms with Crippen LogP contribution in [0.4, 0.5) is 0 Å². The van der Waals surface area contributed by atoms with Crippen LogP contribution in [-0.2, 0) is 5.41 Å². The molecule has 1 rings (SSSR count). The molecule has 0 saturated heterocycles. The molecule has 0 heteroatoms. The van der Waals surface area contributed by atoms with Crippen LogP contribution in [0.15, 0.2) is 36.9 Å². The summed E-state index contributed by atoms with van der Waals surface area (Å²) in [6.45, 7) is 10.5. The number of rotatable bonds is 3. The molecule has 0 heterocycles. The lowest BCUT2D eigenvalue weighted by Crippen LogP contribution is -2.13. The van der Waals surface area contributed by atoms with Gasteiger partial charge in [-0.05, 0) is 29.4 Å². The van der Waals surface area contributed by atoms with Gasteiger partial charge in [0, 0.05) is 0 Å². The standard InChI is InChI=1S/C14H19/c1-5-6-9-12-10-7-8-11-13(12)14(2,3)4/h5,7-11H,1,6H2,2-4H3. The Balaban J connectivity index is 2.97. The van der Waals surface area contributed by atoms with Gasteiger partial charge in [0.05, 0.1) is 0 Å². The van der Waals surface area contributed by atoms with Crippen molar-refractivity contribution in [3.05, 3.63) is 54.5 Å². The second kappa shape index (κ2) is 4.45. The molecule has 75 valence electrons. The Kier molecular flexibility index (Phi) is 3.51. The highest BCUT2D eigenvalue weighted by Crippen LogP contribution is 2.27. The summed E-state index contributed by atoms with van der Waals surface area (Å²) in [5, 5.41) is 0. The summed E-state index contributed by atoms with van der Waals surface area (Å²) >= 11 is 0. The van der Waals surface area contributed by atoms with Crippen molar-refractivity contribution >= 4 is 0 Å². The zero-order valence-electron chi connectivity index (χ0n) is 9.38. The molecule has 0 N–H and O–H groups in total. The molecular formula is C14H19. The Morgan fingerprint density at radius 2 is 1.86 bits per heavy atom. The van der Waals surface area contributed by atoms with Crippen molar-refractivity contribution in [1.29, 1.82) is 0 Å². The highest BCUT2D eigenvalue weighted by molar-refractivity contribution is 5.37. The van der Waals surface area contributed by atoms with Crippen LogP contribution in [0.3, 0.4) is 0 Å². The summed E-state index contributed by atoms with van der Waals surface area (Å²) in [6.07, 6.45) is 5.10. The third-order valence-electron chi connectivity index (χ3n) is 2.27. The van der Waals surface area contributed by atoms with Crippen LogP contribution in [-0.4, -0.2) is 0 Å². The zero-order chi connectivity index (χ0) is 10.6. The van der Waals surface area contributed by atoms with Gasteiger partial charge in [-0.15, -0.1) is 6.58 Å². The van der Waals surface area contributed by atoms with E-state index in [1.807, 2.05) is 6.08 Å². The van der Waals surface area contributed by atoms with E-state index in [1.165, 1.54) is 11.1 Å². The van der Waals surface area contributed by atoms with Gasteiger partial charge in [0.15, 0.2) is 0 Å².